The summed E-state index contributed by atoms with van der Waals surface area (Å²) in [7, 11) is 0. The zero-order valence-electron chi connectivity index (χ0n) is 16.9. The summed E-state index contributed by atoms with van der Waals surface area (Å²) in [6.07, 6.45) is 0. The third kappa shape index (κ3) is 5.16. The molecule has 0 aromatic heterocycles. The zero-order chi connectivity index (χ0) is 21.8. The number of benzene rings is 3. The van der Waals surface area contributed by atoms with Crippen LogP contribution < -0.4 is 0 Å². The van der Waals surface area contributed by atoms with Gasteiger partial charge < -0.3 is 4.90 Å². The van der Waals surface area contributed by atoms with E-state index in [-0.39, 0.29) is 11.7 Å². The molecule has 0 aliphatic carbocycles. The van der Waals surface area contributed by atoms with Crippen molar-refractivity contribution in [3.8, 4) is 0 Å². The van der Waals surface area contributed by atoms with E-state index in [0.29, 0.717) is 34.8 Å². The molecule has 1 aliphatic heterocycles. The monoisotopic (exact) mass is 452 g/mol. The summed E-state index contributed by atoms with van der Waals surface area (Å²) >= 11 is 11.9. The van der Waals surface area contributed by atoms with Crippen LogP contribution in [-0.2, 0) is 6.54 Å². The molecule has 1 fully saturated rings. The van der Waals surface area contributed by atoms with E-state index in [1.54, 1.807) is 48.5 Å². The molecule has 31 heavy (non-hydrogen) atoms. The third-order valence-electron chi connectivity index (χ3n) is 5.49. The standard InChI is InChI=1S/C25H22Cl2N2O2/c26-20-9-5-18(6-10-20)17-28-13-15-29(16-14-28)25(31)23-4-2-1-3-22(23)24(30)19-7-11-21(27)12-8-19/h1-12H,13-17H2. The summed E-state index contributed by atoms with van der Waals surface area (Å²) in [5.74, 6) is -0.286. The first-order chi connectivity index (χ1) is 15.0. The van der Waals surface area contributed by atoms with Crippen molar-refractivity contribution in [2.75, 3.05) is 26.2 Å². The number of amides is 1. The van der Waals surface area contributed by atoms with E-state index in [0.717, 1.165) is 24.7 Å². The third-order valence-corrected chi connectivity index (χ3v) is 5.99. The number of ketones is 1. The number of carbonyl (C=O) groups is 2. The summed E-state index contributed by atoms with van der Waals surface area (Å²) in [4.78, 5) is 30.4. The summed E-state index contributed by atoms with van der Waals surface area (Å²) < 4.78 is 0. The van der Waals surface area contributed by atoms with Crippen LogP contribution >= 0.6 is 23.2 Å². The molecule has 0 bridgehead atoms. The van der Waals surface area contributed by atoms with Gasteiger partial charge in [0.1, 0.15) is 0 Å². The fraction of sp³-hybridized carbons (Fsp3) is 0.200. The first-order valence-electron chi connectivity index (χ1n) is 10.2. The highest BCUT2D eigenvalue weighted by Crippen LogP contribution is 2.20. The summed E-state index contributed by atoms with van der Waals surface area (Å²) in [5, 5.41) is 1.29. The maximum atomic E-state index is 13.2. The van der Waals surface area contributed by atoms with E-state index in [1.807, 2.05) is 29.2 Å². The smallest absolute Gasteiger partial charge is 0.254 e. The van der Waals surface area contributed by atoms with Crippen LogP contribution in [0.3, 0.4) is 0 Å². The Morgan fingerprint density at radius 2 is 1.26 bits per heavy atom. The molecular formula is C25H22Cl2N2O2. The Kier molecular flexibility index (Phi) is 6.71. The van der Waals surface area contributed by atoms with Gasteiger partial charge in [-0.25, -0.2) is 0 Å². The largest absolute Gasteiger partial charge is 0.336 e. The van der Waals surface area contributed by atoms with Gasteiger partial charge in [0.25, 0.3) is 5.91 Å². The minimum atomic E-state index is -0.179. The van der Waals surface area contributed by atoms with Gasteiger partial charge in [-0.15, -0.1) is 0 Å². The lowest BCUT2D eigenvalue weighted by Crippen LogP contribution is -2.48. The highest BCUT2D eigenvalue weighted by molar-refractivity contribution is 6.31. The van der Waals surface area contributed by atoms with Crippen molar-refractivity contribution in [3.63, 3.8) is 0 Å². The van der Waals surface area contributed by atoms with Crippen LogP contribution in [0.25, 0.3) is 0 Å². The van der Waals surface area contributed by atoms with E-state index in [4.69, 9.17) is 23.2 Å². The molecule has 1 saturated heterocycles. The normalized spacial score (nSPS) is 14.5. The molecular weight excluding hydrogens is 431 g/mol. The van der Waals surface area contributed by atoms with Crippen LogP contribution in [0.1, 0.15) is 31.8 Å². The highest BCUT2D eigenvalue weighted by atomic mass is 35.5. The molecule has 0 unspecified atom stereocenters. The Balaban J connectivity index is 1.44. The second kappa shape index (κ2) is 9.65. The van der Waals surface area contributed by atoms with Gasteiger partial charge in [0.2, 0.25) is 0 Å². The molecule has 0 saturated carbocycles. The lowest BCUT2D eigenvalue weighted by Gasteiger charge is -2.35. The summed E-state index contributed by atoms with van der Waals surface area (Å²) in [5.41, 5.74) is 2.56. The molecule has 0 spiro atoms. The first kappa shape index (κ1) is 21.6. The first-order valence-corrected chi connectivity index (χ1v) is 10.9. The van der Waals surface area contributed by atoms with E-state index >= 15 is 0 Å². The van der Waals surface area contributed by atoms with Gasteiger partial charge in [0.15, 0.2) is 5.78 Å². The van der Waals surface area contributed by atoms with Crippen LogP contribution in [0, 0.1) is 0 Å². The van der Waals surface area contributed by atoms with Crippen molar-refractivity contribution < 1.29 is 9.59 Å². The SMILES string of the molecule is O=C(c1ccc(Cl)cc1)c1ccccc1C(=O)N1CCN(Cc2ccc(Cl)cc2)CC1. The predicted molar refractivity (Wildman–Crippen MR) is 124 cm³/mol. The second-order valence-corrected chi connectivity index (χ2v) is 8.45. The van der Waals surface area contributed by atoms with Crippen molar-refractivity contribution in [3.05, 3.63) is 105 Å². The van der Waals surface area contributed by atoms with Crippen molar-refractivity contribution in [1.29, 1.82) is 0 Å². The van der Waals surface area contributed by atoms with Gasteiger partial charge in [-0.2, -0.15) is 0 Å². The Morgan fingerprint density at radius 1 is 0.710 bits per heavy atom. The van der Waals surface area contributed by atoms with E-state index in [9.17, 15) is 9.59 Å². The highest BCUT2D eigenvalue weighted by Gasteiger charge is 2.25. The van der Waals surface area contributed by atoms with Crippen LogP contribution in [0.2, 0.25) is 10.0 Å². The van der Waals surface area contributed by atoms with Gasteiger partial charge in [0.05, 0.1) is 5.56 Å². The molecule has 4 nitrogen and oxygen atoms in total. The maximum Gasteiger partial charge on any atom is 0.254 e. The lowest BCUT2D eigenvalue weighted by molar-refractivity contribution is 0.0625. The average Bonchev–Trinajstić information content (AvgIpc) is 2.81. The predicted octanol–water partition coefficient (Wildman–Crippen LogP) is 5.18. The molecule has 1 aliphatic rings. The van der Waals surface area contributed by atoms with Crippen LogP contribution in [0.15, 0.2) is 72.8 Å². The van der Waals surface area contributed by atoms with E-state index in [2.05, 4.69) is 4.90 Å². The topological polar surface area (TPSA) is 40.6 Å². The van der Waals surface area contributed by atoms with Crippen molar-refractivity contribution >= 4 is 34.9 Å². The molecule has 158 valence electrons. The van der Waals surface area contributed by atoms with Crippen molar-refractivity contribution in [1.82, 2.24) is 9.80 Å². The Labute approximate surface area is 192 Å². The van der Waals surface area contributed by atoms with Crippen molar-refractivity contribution in [2.24, 2.45) is 0 Å². The van der Waals surface area contributed by atoms with Crippen LogP contribution in [-0.4, -0.2) is 47.7 Å². The van der Waals surface area contributed by atoms with Crippen molar-refractivity contribution in [2.45, 2.75) is 6.54 Å². The number of hydrogen-bond acceptors (Lipinski definition) is 3. The Morgan fingerprint density at radius 3 is 1.87 bits per heavy atom. The molecule has 1 heterocycles. The van der Waals surface area contributed by atoms with E-state index in [1.165, 1.54) is 5.56 Å². The molecule has 0 N–H and O–H groups in total. The van der Waals surface area contributed by atoms with Crippen LogP contribution in [0.5, 0.6) is 0 Å². The number of piperazine rings is 1. The molecule has 3 aromatic rings. The van der Waals surface area contributed by atoms with Gasteiger partial charge in [0, 0.05) is 53.9 Å². The zero-order valence-corrected chi connectivity index (χ0v) is 18.4. The number of hydrogen-bond donors (Lipinski definition) is 0. The van der Waals surface area contributed by atoms with Gasteiger partial charge in [-0.1, -0.05) is 53.5 Å². The van der Waals surface area contributed by atoms with Gasteiger partial charge in [-0.05, 0) is 48.0 Å². The minimum absolute atomic E-state index is 0.107. The maximum absolute atomic E-state index is 13.2. The van der Waals surface area contributed by atoms with Gasteiger partial charge >= 0.3 is 0 Å². The lowest BCUT2D eigenvalue weighted by atomic mass is 9.97. The fourth-order valence-corrected chi connectivity index (χ4v) is 4.00. The number of halogens is 2. The molecule has 3 aromatic carbocycles. The summed E-state index contributed by atoms with van der Waals surface area (Å²) in [6.45, 7) is 3.62. The minimum Gasteiger partial charge on any atom is -0.336 e. The average molecular weight is 453 g/mol. The quantitative estimate of drug-likeness (QED) is 0.500. The molecule has 0 radical (unpaired) electrons. The summed E-state index contributed by atoms with van der Waals surface area (Å²) in [6, 6.07) is 21.6. The molecule has 4 rings (SSSR count). The van der Waals surface area contributed by atoms with Crippen LogP contribution in [0.4, 0.5) is 0 Å². The van der Waals surface area contributed by atoms with E-state index < -0.39 is 0 Å². The molecule has 1 amide bonds. The Hall–Kier alpha value is -2.66. The van der Waals surface area contributed by atoms with Gasteiger partial charge in [-0.3, -0.25) is 14.5 Å². The number of nitrogens with zero attached hydrogens (tertiary/aromatic N) is 2. The molecule has 0 atom stereocenters. The Bertz CT molecular complexity index is 1070. The number of carbonyl (C=O) groups excluding carboxylic acids is 2. The molecule has 6 heteroatoms. The number of rotatable bonds is 5. The second-order valence-electron chi connectivity index (χ2n) is 7.58. The fourth-order valence-electron chi connectivity index (χ4n) is 3.75.